The van der Waals surface area contributed by atoms with Crippen LogP contribution < -0.4 is 5.14 Å². The van der Waals surface area contributed by atoms with Gasteiger partial charge < -0.3 is 9.47 Å². The highest BCUT2D eigenvalue weighted by Crippen LogP contribution is 2.25. The second-order valence-electron chi connectivity index (χ2n) is 4.95. The summed E-state index contributed by atoms with van der Waals surface area (Å²) >= 11 is 5.95. The number of esters is 1. The average Bonchev–Trinajstić information content (AvgIpc) is 2.91. The van der Waals surface area contributed by atoms with Gasteiger partial charge in [-0.15, -0.1) is 0 Å². The van der Waals surface area contributed by atoms with Crippen molar-refractivity contribution in [1.29, 1.82) is 0 Å². The van der Waals surface area contributed by atoms with Gasteiger partial charge in [-0.3, -0.25) is 0 Å². The van der Waals surface area contributed by atoms with Crippen LogP contribution in [0.5, 0.6) is 0 Å². The molecule has 1 fully saturated rings. The first kappa shape index (κ1) is 16.2. The Kier molecular flexibility index (Phi) is 4.88. The van der Waals surface area contributed by atoms with E-state index in [1.165, 1.54) is 12.1 Å². The van der Waals surface area contributed by atoms with Crippen molar-refractivity contribution in [2.45, 2.75) is 18.2 Å². The fourth-order valence-electron chi connectivity index (χ4n) is 2.02. The van der Waals surface area contributed by atoms with Gasteiger partial charge in [0.05, 0.1) is 23.7 Å². The maximum atomic E-state index is 12.1. The second kappa shape index (κ2) is 6.31. The Hall–Kier alpha value is -1.15. The normalized spacial score (nSPS) is 18.7. The van der Waals surface area contributed by atoms with Crippen LogP contribution in [0.4, 0.5) is 0 Å². The van der Waals surface area contributed by atoms with Crippen molar-refractivity contribution in [1.82, 2.24) is 0 Å². The Bertz CT molecular complexity index is 653. The van der Waals surface area contributed by atoms with Crippen molar-refractivity contribution in [3.63, 3.8) is 0 Å². The molecule has 1 aliphatic heterocycles. The van der Waals surface area contributed by atoms with Crippen molar-refractivity contribution in [3.05, 3.63) is 28.3 Å². The Morgan fingerprint density at radius 1 is 1.52 bits per heavy atom. The molecule has 2 N–H and O–H groups in total. The molecule has 1 aliphatic rings. The van der Waals surface area contributed by atoms with Crippen LogP contribution in [0.2, 0.25) is 5.02 Å². The van der Waals surface area contributed by atoms with Crippen LogP contribution in [0.1, 0.15) is 22.3 Å². The number of carbonyl (C=O) groups excluding carboxylic acids is 1. The number of primary sulfonamides is 1. The quantitative estimate of drug-likeness (QED) is 0.842. The maximum absolute atomic E-state index is 12.1. The van der Waals surface area contributed by atoms with Gasteiger partial charge >= 0.3 is 5.97 Å². The molecule has 0 spiro atoms. The molecule has 1 saturated heterocycles. The maximum Gasteiger partial charge on any atom is 0.338 e. The predicted octanol–water partition coefficient (Wildman–Crippen LogP) is 1.49. The third kappa shape index (κ3) is 3.94. The molecule has 6 nitrogen and oxygen atoms in total. The van der Waals surface area contributed by atoms with Gasteiger partial charge in [-0.05, 0) is 31.0 Å². The summed E-state index contributed by atoms with van der Waals surface area (Å²) in [5, 5.41) is 5.21. The topological polar surface area (TPSA) is 95.7 Å². The first-order valence-electron chi connectivity index (χ1n) is 6.37. The second-order valence-corrected chi connectivity index (χ2v) is 6.92. The van der Waals surface area contributed by atoms with Gasteiger partial charge in [0.2, 0.25) is 10.0 Å². The Morgan fingerprint density at radius 3 is 2.81 bits per heavy atom. The summed E-state index contributed by atoms with van der Waals surface area (Å²) in [6, 6.07) is 2.40. The summed E-state index contributed by atoms with van der Waals surface area (Å²) in [4.78, 5) is 11.9. The molecule has 1 aromatic carbocycles. The number of hydrogen-bond acceptors (Lipinski definition) is 5. The first-order valence-corrected chi connectivity index (χ1v) is 8.29. The van der Waals surface area contributed by atoms with Gasteiger partial charge in [0.1, 0.15) is 0 Å². The summed E-state index contributed by atoms with van der Waals surface area (Å²) < 4.78 is 33.2. The van der Waals surface area contributed by atoms with E-state index in [4.69, 9.17) is 26.2 Å². The van der Waals surface area contributed by atoms with E-state index in [0.717, 1.165) is 6.42 Å². The number of halogens is 1. The molecule has 116 valence electrons. The van der Waals surface area contributed by atoms with Crippen molar-refractivity contribution < 1.29 is 22.7 Å². The molecule has 0 radical (unpaired) electrons. The van der Waals surface area contributed by atoms with Gasteiger partial charge in [0.25, 0.3) is 0 Å². The summed E-state index contributed by atoms with van der Waals surface area (Å²) in [7, 11) is -3.94. The molecule has 0 amide bonds. The highest BCUT2D eigenvalue weighted by atomic mass is 35.5. The third-order valence-corrected chi connectivity index (χ3v) is 4.63. The number of sulfonamides is 1. The van der Waals surface area contributed by atoms with E-state index in [1.807, 2.05) is 0 Å². The number of carbonyl (C=O) groups is 1. The zero-order chi connectivity index (χ0) is 15.6. The molecule has 0 saturated carbocycles. The minimum atomic E-state index is -3.94. The molecule has 0 bridgehead atoms. The van der Waals surface area contributed by atoms with Gasteiger partial charge in [-0.1, -0.05) is 11.6 Å². The van der Waals surface area contributed by atoms with Crippen LogP contribution in [0.25, 0.3) is 0 Å². The summed E-state index contributed by atoms with van der Waals surface area (Å²) in [6.07, 6.45) is 0.838. The lowest BCUT2D eigenvalue weighted by Crippen LogP contribution is -2.17. The molecule has 1 unspecified atom stereocenters. The van der Waals surface area contributed by atoms with Gasteiger partial charge in [0.15, 0.2) is 0 Å². The number of ether oxygens (including phenoxy) is 2. The zero-order valence-electron chi connectivity index (χ0n) is 11.5. The lowest BCUT2D eigenvalue weighted by Gasteiger charge is -2.12. The third-order valence-electron chi connectivity index (χ3n) is 3.34. The van der Waals surface area contributed by atoms with E-state index in [1.54, 1.807) is 6.92 Å². The van der Waals surface area contributed by atoms with Crippen LogP contribution in [-0.2, 0) is 19.5 Å². The largest absolute Gasteiger partial charge is 0.462 e. The first-order chi connectivity index (χ1) is 9.79. The SMILES string of the molecule is Cc1c(Cl)cc(S(N)(=O)=O)cc1C(=O)OCC1CCOC1. The molecule has 8 heteroatoms. The summed E-state index contributed by atoms with van der Waals surface area (Å²) in [6.45, 7) is 3.07. The minimum absolute atomic E-state index is 0.102. The van der Waals surface area contributed by atoms with E-state index in [9.17, 15) is 13.2 Å². The summed E-state index contributed by atoms with van der Waals surface area (Å²) in [5.74, 6) is -0.446. The van der Waals surface area contributed by atoms with Crippen LogP contribution in [0.15, 0.2) is 17.0 Å². The number of nitrogens with two attached hydrogens (primary N) is 1. The Labute approximate surface area is 128 Å². The smallest absolute Gasteiger partial charge is 0.338 e. The van der Waals surface area contributed by atoms with E-state index < -0.39 is 16.0 Å². The van der Waals surface area contributed by atoms with Crippen LogP contribution in [0.3, 0.4) is 0 Å². The standard InChI is InChI=1S/C13H16ClNO5S/c1-8-11(4-10(5-12(8)14)21(15,17)18)13(16)20-7-9-2-3-19-6-9/h4-5,9H,2-3,6-7H2,1H3,(H2,15,17,18). The molecule has 21 heavy (non-hydrogen) atoms. The predicted molar refractivity (Wildman–Crippen MR) is 76.8 cm³/mol. The average molecular weight is 334 g/mol. The molecule has 1 atom stereocenters. The van der Waals surface area contributed by atoms with Crippen LogP contribution in [-0.4, -0.2) is 34.2 Å². The highest BCUT2D eigenvalue weighted by molar-refractivity contribution is 7.89. The fraction of sp³-hybridized carbons (Fsp3) is 0.462. The molecule has 2 rings (SSSR count). The molecule has 0 aliphatic carbocycles. The molecule has 1 heterocycles. The lowest BCUT2D eigenvalue weighted by molar-refractivity contribution is 0.0427. The van der Waals surface area contributed by atoms with Crippen molar-refractivity contribution in [3.8, 4) is 0 Å². The molecule has 0 aromatic heterocycles. The Morgan fingerprint density at radius 2 is 2.24 bits per heavy atom. The monoisotopic (exact) mass is 333 g/mol. The van der Waals surface area contributed by atoms with Crippen molar-refractivity contribution in [2.75, 3.05) is 19.8 Å². The number of benzene rings is 1. The minimum Gasteiger partial charge on any atom is -0.462 e. The van der Waals surface area contributed by atoms with Gasteiger partial charge in [0, 0.05) is 17.5 Å². The van der Waals surface area contributed by atoms with E-state index in [0.29, 0.717) is 18.8 Å². The number of rotatable bonds is 4. The van der Waals surface area contributed by atoms with E-state index >= 15 is 0 Å². The zero-order valence-corrected chi connectivity index (χ0v) is 13.0. The molecular formula is C13H16ClNO5S. The molecular weight excluding hydrogens is 318 g/mol. The summed E-state index contributed by atoms with van der Waals surface area (Å²) in [5.41, 5.74) is 0.558. The van der Waals surface area contributed by atoms with Crippen molar-refractivity contribution >= 4 is 27.6 Å². The van der Waals surface area contributed by atoms with E-state index in [-0.39, 0.29) is 28.0 Å². The van der Waals surface area contributed by atoms with Crippen LogP contribution in [0, 0.1) is 12.8 Å². The van der Waals surface area contributed by atoms with Crippen molar-refractivity contribution in [2.24, 2.45) is 11.1 Å². The highest BCUT2D eigenvalue weighted by Gasteiger charge is 2.21. The van der Waals surface area contributed by atoms with Gasteiger partial charge in [-0.2, -0.15) is 0 Å². The van der Waals surface area contributed by atoms with Gasteiger partial charge in [-0.25, -0.2) is 18.4 Å². The lowest BCUT2D eigenvalue weighted by atomic mass is 10.1. The number of hydrogen-bond donors (Lipinski definition) is 1. The van der Waals surface area contributed by atoms with Crippen LogP contribution >= 0.6 is 11.6 Å². The van der Waals surface area contributed by atoms with E-state index in [2.05, 4.69) is 0 Å². The fourth-order valence-corrected chi connectivity index (χ4v) is 2.86. The molecule has 1 aromatic rings. The Balaban J connectivity index is 2.21.